The number of anilines is 1. The molecule has 1 aliphatic carbocycles. The van der Waals surface area contributed by atoms with Crippen molar-refractivity contribution in [2.75, 3.05) is 5.32 Å². The van der Waals surface area contributed by atoms with Crippen LogP contribution in [-0.4, -0.2) is 11.8 Å². The van der Waals surface area contributed by atoms with E-state index in [1.54, 1.807) is 23.5 Å². The topological polar surface area (TPSA) is 58.2 Å². The third kappa shape index (κ3) is 4.52. The van der Waals surface area contributed by atoms with Crippen molar-refractivity contribution in [2.24, 2.45) is 11.8 Å². The lowest BCUT2D eigenvalue weighted by molar-refractivity contribution is -0.117. The van der Waals surface area contributed by atoms with Crippen LogP contribution in [0, 0.1) is 11.8 Å². The van der Waals surface area contributed by atoms with E-state index < -0.39 is 0 Å². The van der Waals surface area contributed by atoms with E-state index >= 15 is 0 Å². The molecule has 0 bridgehead atoms. The molecule has 1 heterocycles. The van der Waals surface area contributed by atoms with Gasteiger partial charge in [-0.05, 0) is 48.4 Å². The summed E-state index contributed by atoms with van der Waals surface area (Å²) in [5.74, 6) is 0.495. The Morgan fingerprint density at radius 2 is 1.92 bits per heavy atom. The Hall–Kier alpha value is -2.14. The molecule has 4 nitrogen and oxygen atoms in total. The van der Waals surface area contributed by atoms with Gasteiger partial charge in [0.05, 0.1) is 6.04 Å². The Morgan fingerprint density at radius 1 is 1.15 bits per heavy atom. The molecule has 0 saturated heterocycles. The number of carbonyl (C=O) groups excluding carboxylic acids is 2. The summed E-state index contributed by atoms with van der Waals surface area (Å²) in [7, 11) is 0. The second-order valence-electron chi connectivity index (χ2n) is 6.89. The molecule has 1 aliphatic rings. The molecule has 0 spiro atoms. The second kappa shape index (κ2) is 8.49. The highest BCUT2D eigenvalue weighted by molar-refractivity contribution is 7.10. The van der Waals surface area contributed by atoms with Gasteiger partial charge in [0.25, 0.3) is 5.91 Å². The van der Waals surface area contributed by atoms with Crippen molar-refractivity contribution in [3.63, 3.8) is 0 Å². The number of hydrogen-bond donors (Lipinski definition) is 2. The van der Waals surface area contributed by atoms with Crippen molar-refractivity contribution in [3.8, 4) is 0 Å². The summed E-state index contributed by atoms with van der Waals surface area (Å²) < 4.78 is 0. The minimum Gasteiger partial charge on any atom is -0.344 e. The average molecular weight is 371 g/mol. The number of thiophene rings is 1. The first-order chi connectivity index (χ1) is 12.6. The van der Waals surface area contributed by atoms with E-state index in [0.29, 0.717) is 17.2 Å². The second-order valence-corrected chi connectivity index (χ2v) is 7.87. The van der Waals surface area contributed by atoms with Crippen LogP contribution in [0.3, 0.4) is 0 Å². The summed E-state index contributed by atoms with van der Waals surface area (Å²) in [6.45, 7) is 4.32. The van der Waals surface area contributed by atoms with Crippen molar-refractivity contribution < 1.29 is 9.59 Å². The van der Waals surface area contributed by atoms with Crippen LogP contribution < -0.4 is 10.6 Å². The lowest BCUT2D eigenvalue weighted by Crippen LogP contribution is -2.32. The minimum absolute atomic E-state index is 0.0159. The summed E-state index contributed by atoms with van der Waals surface area (Å²) in [6, 6.07) is 11.3. The van der Waals surface area contributed by atoms with Gasteiger partial charge < -0.3 is 10.6 Å². The monoisotopic (exact) mass is 370 g/mol. The first-order valence-electron chi connectivity index (χ1n) is 9.37. The van der Waals surface area contributed by atoms with E-state index in [1.807, 2.05) is 23.6 Å². The lowest BCUT2D eigenvalue weighted by atomic mass is 9.92. The molecule has 5 heteroatoms. The summed E-state index contributed by atoms with van der Waals surface area (Å²) in [5, 5.41) is 8.17. The zero-order valence-electron chi connectivity index (χ0n) is 15.3. The van der Waals surface area contributed by atoms with Gasteiger partial charge >= 0.3 is 0 Å². The van der Waals surface area contributed by atoms with Gasteiger partial charge in [-0.3, -0.25) is 9.59 Å². The van der Waals surface area contributed by atoms with Crippen LogP contribution in [-0.2, 0) is 4.79 Å². The summed E-state index contributed by atoms with van der Waals surface area (Å²) >= 11 is 1.68. The SMILES string of the molecule is CCC(CC)C(NC(=O)c1cccc(NC(=O)C2CC2)c1)c1cccs1. The molecule has 26 heavy (non-hydrogen) atoms. The summed E-state index contributed by atoms with van der Waals surface area (Å²) in [4.78, 5) is 26.0. The van der Waals surface area contributed by atoms with Gasteiger partial charge in [-0.25, -0.2) is 0 Å². The maximum absolute atomic E-state index is 12.9. The van der Waals surface area contributed by atoms with Crippen LogP contribution in [0.25, 0.3) is 0 Å². The molecule has 1 saturated carbocycles. The largest absolute Gasteiger partial charge is 0.344 e. The lowest BCUT2D eigenvalue weighted by Gasteiger charge is -2.25. The highest BCUT2D eigenvalue weighted by Gasteiger charge is 2.29. The Balaban J connectivity index is 1.73. The number of nitrogens with one attached hydrogen (secondary N) is 2. The highest BCUT2D eigenvalue weighted by Crippen LogP contribution is 2.31. The van der Waals surface area contributed by atoms with E-state index in [1.165, 1.54) is 4.88 Å². The van der Waals surface area contributed by atoms with E-state index in [2.05, 4.69) is 30.5 Å². The molecular weight excluding hydrogens is 344 g/mol. The standard InChI is InChI=1S/C21H26N2O2S/c1-3-14(4-2)19(18-9-6-12-26-18)23-21(25)16-7-5-8-17(13-16)22-20(24)15-10-11-15/h5-9,12-15,19H,3-4,10-11H2,1-2H3,(H,22,24)(H,23,25). The molecule has 1 atom stereocenters. The third-order valence-corrected chi connectivity index (χ3v) is 5.95. The maximum Gasteiger partial charge on any atom is 0.251 e. The van der Waals surface area contributed by atoms with Gasteiger partial charge in [0.1, 0.15) is 0 Å². The molecule has 1 aromatic heterocycles. The predicted molar refractivity (Wildman–Crippen MR) is 106 cm³/mol. The van der Waals surface area contributed by atoms with Crippen LogP contribution in [0.5, 0.6) is 0 Å². The number of carbonyl (C=O) groups is 2. The first kappa shape index (κ1) is 18.6. The summed E-state index contributed by atoms with van der Waals surface area (Å²) in [5.41, 5.74) is 1.26. The van der Waals surface area contributed by atoms with E-state index in [-0.39, 0.29) is 23.8 Å². The molecule has 0 radical (unpaired) electrons. The third-order valence-electron chi connectivity index (χ3n) is 5.00. The van der Waals surface area contributed by atoms with Crippen LogP contribution >= 0.6 is 11.3 Å². The molecule has 3 rings (SSSR count). The summed E-state index contributed by atoms with van der Waals surface area (Å²) in [6.07, 6.45) is 3.95. The molecule has 1 fully saturated rings. The van der Waals surface area contributed by atoms with Gasteiger partial charge in [-0.2, -0.15) is 0 Å². The number of rotatable bonds is 8. The Bertz CT molecular complexity index is 749. The van der Waals surface area contributed by atoms with Gasteiger partial charge in [0.15, 0.2) is 0 Å². The van der Waals surface area contributed by atoms with E-state index in [9.17, 15) is 9.59 Å². The van der Waals surface area contributed by atoms with Crippen molar-refractivity contribution in [2.45, 2.75) is 45.6 Å². The highest BCUT2D eigenvalue weighted by atomic mass is 32.1. The molecule has 1 aromatic carbocycles. The fourth-order valence-corrected chi connectivity index (χ4v) is 4.07. The first-order valence-corrected chi connectivity index (χ1v) is 10.3. The quantitative estimate of drug-likeness (QED) is 0.687. The Kier molecular flexibility index (Phi) is 6.09. The van der Waals surface area contributed by atoms with Crippen LogP contribution in [0.15, 0.2) is 41.8 Å². The van der Waals surface area contributed by atoms with Crippen LogP contribution in [0.2, 0.25) is 0 Å². The number of amides is 2. The molecule has 2 amide bonds. The van der Waals surface area contributed by atoms with Crippen LogP contribution in [0.4, 0.5) is 5.69 Å². The zero-order valence-corrected chi connectivity index (χ0v) is 16.1. The Labute approximate surface area is 159 Å². The zero-order chi connectivity index (χ0) is 18.5. The fourth-order valence-electron chi connectivity index (χ4n) is 3.20. The maximum atomic E-state index is 12.9. The average Bonchev–Trinajstić information content (AvgIpc) is 3.37. The molecular formula is C21H26N2O2S. The van der Waals surface area contributed by atoms with Gasteiger partial charge in [0.2, 0.25) is 5.91 Å². The van der Waals surface area contributed by atoms with E-state index in [0.717, 1.165) is 25.7 Å². The number of hydrogen-bond acceptors (Lipinski definition) is 3. The van der Waals surface area contributed by atoms with Gasteiger partial charge in [0, 0.05) is 22.0 Å². The van der Waals surface area contributed by atoms with Crippen molar-refractivity contribution in [1.82, 2.24) is 5.32 Å². The molecule has 138 valence electrons. The Morgan fingerprint density at radius 3 is 2.54 bits per heavy atom. The minimum atomic E-state index is -0.0992. The van der Waals surface area contributed by atoms with Crippen molar-refractivity contribution >= 4 is 28.8 Å². The fraction of sp³-hybridized carbons (Fsp3) is 0.429. The molecule has 1 unspecified atom stereocenters. The van der Waals surface area contributed by atoms with Gasteiger partial charge in [-0.1, -0.05) is 38.8 Å². The predicted octanol–water partition coefficient (Wildman–Crippen LogP) is 5.00. The number of benzene rings is 1. The normalized spacial score (nSPS) is 14.9. The van der Waals surface area contributed by atoms with Crippen molar-refractivity contribution in [3.05, 3.63) is 52.2 Å². The molecule has 2 N–H and O–H groups in total. The van der Waals surface area contributed by atoms with E-state index in [4.69, 9.17) is 0 Å². The van der Waals surface area contributed by atoms with Gasteiger partial charge in [-0.15, -0.1) is 11.3 Å². The van der Waals surface area contributed by atoms with Crippen molar-refractivity contribution in [1.29, 1.82) is 0 Å². The smallest absolute Gasteiger partial charge is 0.251 e. The van der Waals surface area contributed by atoms with Crippen LogP contribution in [0.1, 0.15) is 60.8 Å². The molecule has 0 aliphatic heterocycles. The molecule has 2 aromatic rings.